The quantitative estimate of drug-likeness (QED) is 0.647. The number of anilines is 1. The predicted molar refractivity (Wildman–Crippen MR) is 115 cm³/mol. The van der Waals surface area contributed by atoms with E-state index in [0.29, 0.717) is 36.2 Å². The molecule has 2 heterocycles. The molecule has 29 heavy (non-hydrogen) atoms. The molecule has 0 atom stereocenters. The van der Waals surface area contributed by atoms with Crippen LogP contribution in [0.1, 0.15) is 15.9 Å². The van der Waals surface area contributed by atoms with Crippen LogP contribution in [0.5, 0.6) is 0 Å². The first-order chi connectivity index (χ1) is 14.0. The van der Waals surface area contributed by atoms with E-state index in [0.717, 1.165) is 24.3 Å². The first-order valence-electron chi connectivity index (χ1n) is 9.45. The van der Waals surface area contributed by atoms with Gasteiger partial charge in [0.25, 0.3) is 11.5 Å². The van der Waals surface area contributed by atoms with Crippen LogP contribution in [0.2, 0.25) is 0 Å². The molecular formula is C21H22N4O3S. The number of benzene rings is 2. The Balaban J connectivity index is 1.58. The molecule has 3 aromatic rings. The fourth-order valence-corrected chi connectivity index (χ4v) is 3.81. The van der Waals surface area contributed by atoms with Gasteiger partial charge in [0.05, 0.1) is 24.1 Å². The lowest BCUT2D eigenvalue weighted by Crippen LogP contribution is -2.37. The number of fused-ring (bicyclic) bond motifs is 1. The van der Waals surface area contributed by atoms with E-state index in [4.69, 9.17) is 17.0 Å². The van der Waals surface area contributed by atoms with Crippen LogP contribution in [-0.2, 0) is 11.3 Å². The molecule has 0 bridgehead atoms. The standard InChI is InChI=1S/C21H22N4O3S/c1-24(13-15-4-2-3-5-18(15)25-8-10-28-11-9-25)20(27)14-6-7-16-17(12-14)22-21(29)23-19(16)26/h2-7,12H,8-11,13H2,1H3,(H2,22,23,26,29). The molecule has 8 heteroatoms. The smallest absolute Gasteiger partial charge is 0.259 e. The van der Waals surface area contributed by atoms with Gasteiger partial charge in [0, 0.05) is 37.9 Å². The number of aromatic nitrogens is 2. The summed E-state index contributed by atoms with van der Waals surface area (Å²) in [5.74, 6) is -0.122. The molecule has 150 valence electrons. The maximum atomic E-state index is 13.0. The number of para-hydroxylation sites is 1. The van der Waals surface area contributed by atoms with E-state index in [2.05, 4.69) is 20.9 Å². The molecule has 0 saturated carbocycles. The monoisotopic (exact) mass is 410 g/mol. The zero-order valence-corrected chi connectivity index (χ0v) is 16.9. The van der Waals surface area contributed by atoms with Gasteiger partial charge in [0.1, 0.15) is 0 Å². The van der Waals surface area contributed by atoms with Crippen molar-refractivity contribution in [2.75, 3.05) is 38.3 Å². The molecule has 1 aromatic heterocycles. The molecule has 0 radical (unpaired) electrons. The number of amides is 1. The summed E-state index contributed by atoms with van der Waals surface area (Å²) < 4.78 is 5.69. The summed E-state index contributed by atoms with van der Waals surface area (Å²) in [6, 6.07) is 13.1. The molecule has 1 fully saturated rings. The van der Waals surface area contributed by atoms with E-state index >= 15 is 0 Å². The van der Waals surface area contributed by atoms with Gasteiger partial charge in [-0.3, -0.25) is 14.6 Å². The Morgan fingerprint density at radius 1 is 1.17 bits per heavy atom. The second-order valence-corrected chi connectivity index (χ2v) is 7.47. The molecule has 4 rings (SSSR count). The van der Waals surface area contributed by atoms with Crippen LogP contribution in [0.3, 0.4) is 0 Å². The third kappa shape index (κ3) is 4.08. The maximum absolute atomic E-state index is 13.0. The van der Waals surface area contributed by atoms with E-state index in [1.54, 1.807) is 30.1 Å². The van der Waals surface area contributed by atoms with Crippen molar-refractivity contribution in [3.8, 4) is 0 Å². The molecule has 7 nitrogen and oxygen atoms in total. The third-order valence-corrected chi connectivity index (χ3v) is 5.29. The number of carbonyl (C=O) groups excluding carboxylic acids is 1. The number of rotatable bonds is 4. The largest absolute Gasteiger partial charge is 0.378 e. The molecule has 1 aliphatic rings. The van der Waals surface area contributed by atoms with Crippen LogP contribution in [0, 0.1) is 4.77 Å². The molecule has 1 amide bonds. The summed E-state index contributed by atoms with van der Waals surface area (Å²) >= 11 is 5.03. The topological polar surface area (TPSA) is 81.4 Å². The molecule has 0 aliphatic carbocycles. The Hall–Kier alpha value is -2.97. The van der Waals surface area contributed by atoms with Gasteiger partial charge in [-0.05, 0) is 42.0 Å². The number of hydrogen-bond donors (Lipinski definition) is 2. The first kappa shape index (κ1) is 19.4. The molecule has 1 aliphatic heterocycles. The fourth-order valence-electron chi connectivity index (χ4n) is 3.61. The van der Waals surface area contributed by atoms with Crippen molar-refractivity contribution in [3.63, 3.8) is 0 Å². The van der Waals surface area contributed by atoms with Gasteiger partial charge in [-0.25, -0.2) is 0 Å². The summed E-state index contributed by atoms with van der Waals surface area (Å²) in [6.45, 7) is 3.58. The SMILES string of the molecule is CN(Cc1ccccc1N1CCOCC1)C(=O)c1ccc2c(=O)[nH]c(=S)[nH]c2c1. The van der Waals surface area contributed by atoms with Crippen molar-refractivity contribution in [1.29, 1.82) is 0 Å². The first-order valence-corrected chi connectivity index (χ1v) is 9.86. The number of aromatic amines is 2. The van der Waals surface area contributed by atoms with Crippen molar-refractivity contribution >= 4 is 34.7 Å². The molecule has 2 aromatic carbocycles. The normalized spacial score (nSPS) is 14.2. The summed E-state index contributed by atoms with van der Waals surface area (Å²) in [5.41, 5.74) is 2.99. The molecule has 2 N–H and O–H groups in total. The van der Waals surface area contributed by atoms with Crippen molar-refractivity contribution in [2.24, 2.45) is 0 Å². The Labute approximate surface area is 172 Å². The van der Waals surface area contributed by atoms with Crippen LogP contribution >= 0.6 is 12.2 Å². The fraction of sp³-hybridized carbons (Fsp3) is 0.286. The summed E-state index contributed by atoms with van der Waals surface area (Å²) in [5, 5.41) is 0.468. The Bertz CT molecular complexity index is 1160. The molecule has 1 saturated heterocycles. The number of carbonyl (C=O) groups is 1. The highest BCUT2D eigenvalue weighted by molar-refractivity contribution is 7.71. The zero-order chi connectivity index (χ0) is 20.4. The van der Waals surface area contributed by atoms with E-state index < -0.39 is 0 Å². The van der Waals surface area contributed by atoms with Gasteiger partial charge in [-0.15, -0.1) is 0 Å². The maximum Gasteiger partial charge on any atom is 0.259 e. The molecule has 0 unspecified atom stereocenters. The summed E-state index contributed by atoms with van der Waals surface area (Å²) in [4.78, 5) is 34.5. The lowest BCUT2D eigenvalue weighted by Gasteiger charge is -2.31. The summed E-state index contributed by atoms with van der Waals surface area (Å²) in [6.07, 6.45) is 0. The van der Waals surface area contributed by atoms with E-state index in [1.807, 2.05) is 18.2 Å². The highest BCUT2D eigenvalue weighted by atomic mass is 32.1. The van der Waals surface area contributed by atoms with Crippen molar-refractivity contribution in [3.05, 3.63) is 68.7 Å². The second kappa shape index (κ2) is 8.18. The van der Waals surface area contributed by atoms with Gasteiger partial charge in [-0.1, -0.05) is 18.2 Å². The lowest BCUT2D eigenvalue weighted by molar-refractivity contribution is 0.0785. The number of nitrogens with zero attached hydrogens (tertiary/aromatic N) is 2. The minimum atomic E-state index is -0.268. The van der Waals surface area contributed by atoms with E-state index in [9.17, 15) is 9.59 Å². The van der Waals surface area contributed by atoms with Gasteiger partial charge in [0.2, 0.25) is 0 Å². The predicted octanol–water partition coefficient (Wildman–Crippen LogP) is 2.69. The Kier molecular flexibility index (Phi) is 5.46. The van der Waals surface area contributed by atoms with Crippen LogP contribution in [0.4, 0.5) is 5.69 Å². The summed E-state index contributed by atoms with van der Waals surface area (Å²) in [7, 11) is 1.78. The van der Waals surface area contributed by atoms with Crippen molar-refractivity contribution in [1.82, 2.24) is 14.9 Å². The van der Waals surface area contributed by atoms with Crippen molar-refractivity contribution in [2.45, 2.75) is 6.54 Å². The molecule has 0 spiro atoms. The van der Waals surface area contributed by atoms with Crippen LogP contribution in [0.25, 0.3) is 10.9 Å². The average molecular weight is 410 g/mol. The number of nitrogens with one attached hydrogen (secondary N) is 2. The highest BCUT2D eigenvalue weighted by Gasteiger charge is 2.18. The van der Waals surface area contributed by atoms with E-state index in [1.165, 1.54) is 0 Å². The van der Waals surface area contributed by atoms with Crippen LogP contribution in [-0.4, -0.2) is 54.1 Å². The van der Waals surface area contributed by atoms with E-state index in [-0.39, 0.29) is 16.2 Å². The van der Waals surface area contributed by atoms with Gasteiger partial charge >= 0.3 is 0 Å². The van der Waals surface area contributed by atoms with Crippen molar-refractivity contribution < 1.29 is 9.53 Å². The minimum Gasteiger partial charge on any atom is -0.378 e. The number of hydrogen-bond acceptors (Lipinski definition) is 5. The molecular weight excluding hydrogens is 388 g/mol. The highest BCUT2D eigenvalue weighted by Crippen LogP contribution is 2.23. The number of ether oxygens (including phenoxy) is 1. The second-order valence-electron chi connectivity index (χ2n) is 7.06. The zero-order valence-electron chi connectivity index (χ0n) is 16.1. The Morgan fingerprint density at radius 3 is 2.72 bits per heavy atom. The lowest BCUT2D eigenvalue weighted by atomic mass is 10.1. The van der Waals surface area contributed by atoms with Gasteiger partial charge in [-0.2, -0.15) is 0 Å². The minimum absolute atomic E-state index is 0.122. The average Bonchev–Trinajstić information content (AvgIpc) is 2.73. The Morgan fingerprint density at radius 2 is 1.93 bits per heavy atom. The number of morpholine rings is 1. The third-order valence-electron chi connectivity index (χ3n) is 5.08. The van der Waals surface area contributed by atoms with Gasteiger partial charge in [0.15, 0.2) is 4.77 Å². The number of H-pyrrole nitrogens is 2. The van der Waals surface area contributed by atoms with Crippen LogP contribution in [0.15, 0.2) is 47.3 Å². The van der Waals surface area contributed by atoms with Gasteiger partial charge < -0.3 is 19.5 Å². The van der Waals surface area contributed by atoms with Crippen LogP contribution < -0.4 is 10.5 Å².